The smallest absolute Gasteiger partial charge is 0.355 e. The molecule has 30 heavy (non-hydrogen) atoms. The van der Waals surface area contributed by atoms with E-state index in [-0.39, 0.29) is 17.9 Å². The summed E-state index contributed by atoms with van der Waals surface area (Å²) in [6.45, 7) is -0.213. The van der Waals surface area contributed by atoms with Crippen molar-refractivity contribution in [3.63, 3.8) is 0 Å². The number of carbonyl (C=O) groups is 2. The molecule has 0 fully saturated rings. The van der Waals surface area contributed by atoms with E-state index in [2.05, 4.69) is 0 Å². The third-order valence-corrected chi connectivity index (χ3v) is 4.44. The Hall–Kier alpha value is -3.78. The van der Waals surface area contributed by atoms with Crippen molar-refractivity contribution in [2.75, 3.05) is 26.2 Å². The van der Waals surface area contributed by atoms with Crippen LogP contribution in [-0.2, 0) is 25.7 Å². The van der Waals surface area contributed by atoms with Crippen LogP contribution in [0.5, 0.6) is 5.75 Å². The molecule has 1 aliphatic rings. The number of hydrogen-bond donors (Lipinski definition) is 1. The van der Waals surface area contributed by atoms with Gasteiger partial charge in [-0.1, -0.05) is 6.08 Å². The monoisotopic (exact) mass is 411 g/mol. The summed E-state index contributed by atoms with van der Waals surface area (Å²) >= 11 is 0. The van der Waals surface area contributed by atoms with Crippen LogP contribution in [0, 0.1) is 0 Å². The number of aliphatic hydroxyl groups is 1. The fourth-order valence-electron chi connectivity index (χ4n) is 3.01. The molecule has 1 N–H and O–H groups in total. The Balaban J connectivity index is 2.12. The summed E-state index contributed by atoms with van der Waals surface area (Å²) in [5, 5.41) is 9.23. The van der Waals surface area contributed by atoms with Crippen LogP contribution in [0.4, 0.5) is 5.69 Å². The lowest BCUT2D eigenvalue weighted by Crippen LogP contribution is -2.27. The van der Waals surface area contributed by atoms with Crippen molar-refractivity contribution in [2.45, 2.75) is 6.61 Å². The normalized spacial score (nSPS) is 13.3. The number of allylic oxidation sites excluding steroid dienone is 2. The highest BCUT2D eigenvalue weighted by molar-refractivity contribution is 6.05. The van der Waals surface area contributed by atoms with Crippen molar-refractivity contribution in [3.05, 3.63) is 71.8 Å². The van der Waals surface area contributed by atoms with Crippen LogP contribution in [0.3, 0.4) is 0 Å². The van der Waals surface area contributed by atoms with E-state index < -0.39 is 11.9 Å². The van der Waals surface area contributed by atoms with E-state index in [1.807, 2.05) is 0 Å². The van der Waals surface area contributed by atoms with E-state index in [1.165, 1.54) is 32.3 Å². The molecular weight excluding hydrogens is 390 g/mol. The topological polar surface area (TPSA) is 98.4 Å². The molecule has 0 aliphatic carbocycles. The Morgan fingerprint density at radius 2 is 1.80 bits per heavy atom. The van der Waals surface area contributed by atoms with Crippen LogP contribution in [0.25, 0.3) is 11.3 Å². The maximum absolute atomic E-state index is 12.5. The lowest BCUT2D eigenvalue weighted by atomic mass is 10.1. The van der Waals surface area contributed by atoms with Gasteiger partial charge >= 0.3 is 11.9 Å². The lowest BCUT2D eigenvalue weighted by Gasteiger charge is -2.24. The number of furan rings is 1. The maximum atomic E-state index is 12.5. The molecule has 0 saturated heterocycles. The molecule has 2 heterocycles. The number of carbonyl (C=O) groups excluding carboxylic acids is 2. The Morgan fingerprint density at radius 1 is 1.03 bits per heavy atom. The molecular formula is C22H21NO7. The van der Waals surface area contributed by atoms with Crippen molar-refractivity contribution in [1.82, 2.24) is 0 Å². The number of rotatable bonds is 6. The summed E-state index contributed by atoms with van der Waals surface area (Å²) in [7, 11) is 3.98. The molecule has 0 unspecified atom stereocenters. The van der Waals surface area contributed by atoms with Gasteiger partial charge in [0.15, 0.2) is 0 Å². The second-order valence-electron chi connectivity index (χ2n) is 6.12. The molecule has 0 saturated carbocycles. The zero-order valence-electron chi connectivity index (χ0n) is 16.7. The zero-order valence-corrected chi connectivity index (χ0v) is 16.7. The Labute approximate surface area is 173 Å². The fourth-order valence-corrected chi connectivity index (χ4v) is 3.01. The summed E-state index contributed by atoms with van der Waals surface area (Å²) in [6.07, 6.45) is 6.42. The number of benzene rings is 1. The first-order valence-corrected chi connectivity index (χ1v) is 8.97. The van der Waals surface area contributed by atoms with Crippen LogP contribution in [0.15, 0.2) is 70.4 Å². The molecule has 1 aromatic heterocycles. The predicted molar refractivity (Wildman–Crippen MR) is 108 cm³/mol. The van der Waals surface area contributed by atoms with Crippen LogP contribution in [0.1, 0.15) is 5.76 Å². The van der Waals surface area contributed by atoms with E-state index in [1.54, 1.807) is 48.7 Å². The quantitative estimate of drug-likeness (QED) is 0.725. The van der Waals surface area contributed by atoms with Crippen LogP contribution >= 0.6 is 0 Å². The Kier molecular flexibility index (Phi) is 6.38. The lowest BCUT2D eigenvalue weighted by molar-refractivity contribution is -0.139. The number of ether oxygens (including phenoxy) is 3. The average molecular weight is 411 g/mol. The summed E-state index contributed by atoms with van der Waals surface area (Å²) in [5.41, 5.74) is 1.27. The summed E-state index contributed by atoms with van der Waals surface area (Å²) in [5.74, 6) is 0.0518. The van der Waals surface area contributed by atoms with Gasteiger partial charge in [-0.25, -0.2) is 9.59 Å². The summed E-state index contributed by atoms with van der Waals surface area (Å²) in [6, 6.07) is 8.60. The maximum Gasteiger partial charge on any atom is 0.355 e. The first kappa shape index (κ1) is 20.9. The van der Waals surface area contributed by atoms with Gasteiger partial charge in [-0.15, -0.1) is 0 Å². The average Bonchev–Trinajstić information content (AvgIpc) is 3.16. The van der Waals surface area contributed by atoms with Gasteiger partial charge in [0.1, 0.15) is 29.6 Å². The first-order valence-electron chi connectivity index (χ1n) is 8.97. The molecule has 0 bridgehead atoms. The number of anilines is 1. The van der Waals surface area contributed by atoms with E-state index in [0.717, 1.165) is 0 Å². The van der Waals surface area contributed by atoms with Crippen LogP contribution in [-0.4, -0.2) is 38.4 Å². The summed E-state index contributed by atoms with van der Waals surface area (Å²) in [4.78, 5) is 26.3. The molecule has 1 aromatic carbocycles. The first-order chi connectivity index (χ1) is 14.5. The van der Waals surface area contributed by atoms with Crippen molar-refractivity contribution < 1.29 is 33.3 Å². The highest BCUT2D eigenvalue weighted by Crippen LogP contribution is 2.36. The highest BCUT2D eigenvalue weighted by Gasteiger charge is 2.28. The Bertz CT molecular complexity index is 1050. The van der Waals surface area contributed by atoms with Gasteiger partial charge in [-0.05, 0) is 36.4 Å². The molecule has 0 spiro atoms. The minimum atomic E-state index is -0.701. The van der Waals surface area contributed by atoms with Crippen molar-refractivity contribution in [1.29, 1.82) is 0 Å². The van der Waals surface area contributed by atoms with Crippen molar-refractivity contribution in [3.8, 4) is 17.1 Å². The molecule has 0 amide bonds. The minimum absolute atomic E-state index is 0.00437. The van der Waals surface area contributed by atoms with Crippen molar-refractivity contribution >= 4 is 17.6 Å². The van der Waals surface area contributed by atoms with Crippen LogP contribution in [0.2, 0.25) is 0 Å². The molecule has 1 aliphatic heterocycles. The van der Waals surface area contributed by atoms with E-state index >= 15 is 0 Å². The second kappa shape index (κ2) is 9.15. The third-order valence-electron chi connectivity index (χ3n) is 4.44. The van der Waals surface area contributed by atoms with Gasteiger partial charge in [-0.2, -0.15) is 0 Å². The fraction of sp³-hybridized carbons (Fsp3) is 0.182. The molecule has 156 valence electrons. The Morgan fingerprint density at radius 3 is 2.43 bits per heavy atom. The molecule has 8 heteroatoms. The SMILES string of the molecule is COC(=O)C1=C(C(=O)OC)N(c2ccc(-c3ccc(CO)o3)c(OC)c2)C=CC=C1. The van der Waals surface area contributed by atoms with Gasteiger partial charge in [-0.3, -0.25) is 0 Å². The second-order valence-corrected chi connectivity index (χ2v) is 6.12. The predicted octanol–water partition coefficient (Wildman–Crippen LogP) is 2.94. The number of methoxy groups -OCH3 is 3. The molecule has 2 aromatic rings. The van der Waals surface area contributed by atoms with Crippen molar-refractivity contribution in [2.24, 2.45) is 0 Å². The zero-order chi connectivity index (χ0) is 21.7. The highest BCUT2D eigenvalue weighted by atomic mass is 16.5. The van der Waals surface area contributed by atoms with Gasteiger partial charge in [0, 0.05) is 18.0 Å². The van der Waals surface area contributed by atoms with Gasteiger partial charge in [0.05, 0.1) is 32.5 Å². The molecule has 0 radical (unpaired) electrons. The standard InChI is InChI=1S/C22H21NO7/c1-27-19-12-14(7-9-16(19)18-10-8-15(13-24)30-18)23-11-5-4-6-17(21(25)28-2)20(23)22(26)29-3/h4-12,24H,13H2,1-3H3. The molecule has 8 nitrogen and oxygen atoms in total. The van der Waals surface area contributed by atoms with Gasteiger partial charge in [0.25, 0.3) is 0 Å². The molecule has 0 atom stereocenters. The van der Waals surface area contributed by atoms with E-state index in [4.69, 9.17) is 18.6 Å². The largest absolute Gasteiger partial charge is 0.496 e. The third kappa shape index (κ3) is 3.99. The van der Waals surface area contributed by atoms with E-state index in [9.17, 15) is 14.7 Å². The summed E-state index contributed by atoms with van der Waals surface area (Å²) < 4.78 is 20.8. The van der Waals surface area contributed by atoms with E-state index in [0.29, 0.717) is 28.5 Å². The number of esters is 2. The van der Waals surface area contributed by atoms with Gasteiger partial charge < -0.3 is 28.6 Å². The number of hydrogen-bond acceptors (Lipinski definition) is 8. The van der Waals surface area contributed by atoms with Gasteiger partial charge in [0.2, 0.25) is 0 Å². The number of aliphatic hydroxyl groups excluding tert-OH is 1. The molecule has 3 rings (SSSR count). The number of nitrogens with zero attached hydrogens (tertiary/aromatic N) is 1. The minimum Gasteiger partial charge on any atom is -0.496 e. The van der Waals surface area contributed by atoms with Crippen LogP contribution < -0.4 is 9.64 Å².